The molecule has 2 aromatic rings. The number of barbiturate groups is 1. The van der Waals surface area contributed by atoms with Crippen molar-refractivity contribution in [3.63, 3.8) is 0 Å². The molecule has 0 spiro atoms. The number of ether oxygens (including phenoxy) is 1. The Morgan fingerprint density at radius 3 is 2.52 bits per heavy atom. The monoisotopic (exact) mass is 397 g/mol. The van der Waals surface area contributed by atoms with Crippen LogP contribution in [0.25, 0.3) is 6.08 Å². The number of rotatable bonds is 5. The van der Waals surface area contributed by atoms with Crippen LogP contribution in [0.5, 0.6) is 11.5 Å². The van der Waals surface area contributed by atoms with Crippen LogP contribution >= 0.6 is 0 Å². The molecule has 1 fully saturated rings. The molecule has 1 aliphatic heterocycles. The van der Waals surface area contributed by atoms with Crippen molar-refractivity contribution in [2.24, 2.45) is 0 Å². The fraction of sp³-hybridized carbons (Fsp3) is 0.105. The van der Waals surface area contributed by atoms with E-state index in [1.54, 1.807) is 25.1 Å². The molecule has 3 rings (SSSR count). The first-order chi connectivity index (χ1) is 13.8. The number of carbonyl (C=O) groups excluding carboxylic acids is 3. The molecule has 1 saturated heterocycles. The summed E-state index contributed by atoms with van der Waals surface area (Å²) in [6, 6.07) is 9.31. The summed E-state index contributed by atoms with van der Waals surface area (Å²) in [6.07, 6.45) is 1.09. The first-order valence-corrected chi connectivity index (χ1v) is 8.44. The summed E-state index contributed by atoms with van der Waals surface area (Å²) in [5.74, 6) is -2.67. The Bertz CT molecular complexity index is 1050. The van der Waals surface area contributed by atoms with Crippen molar-refractivity contribution in [1.82, 2.24) is 5.32 Å². The minimum absolute atomic E-state index is 0.0683. The maximum atomic E-state index is 12.8. The molecule has 29 heavy (non-hydrogen) atoms. The van der Waals surface area contributed by atoms with E-state index < -0.39 is 39.8 Å². The van der Waals surface area contributed by atoms with E-state index in [9.17, 15) is 29.6 Å². The number of para-hydroxylation sites is 1. The van der Waals surface area contributed by atoms with E-state index in [4.69, 9.17) is 4.74 Å². The number of anilines is 1. The molecule has 10 nitrogen and oxygen atoms in total. The van der Waals surface area contributed by atoms with Crippen LogP contribution in [0.3, 0.4) is 0 Å². The van der Waals surface area contributed by atoms with Crippen molar-refractivity contribution in [1.29, 1.82) is 0 Å². The highest BCUT2D eigenvalue weighted by Gasteiger charge is 2.37. The fourth-order valence-electron chi connectivity index (χ4n) is 2.74. The highest BCUT2D eigenvalue weighted by Crippen LogP contribution is 2.38. The predicted octanol–water partition coefficient (Wildman–Crippen LogP) is 2.37. The van der Waals surface area contributed by atoms with E-state index in [2.05, 4.69) is 5.32 Å². The van der Waals surface area contributed by atoms with E-state index in [1.165, 1.54) is 18.2 Å². The lowest BCUT2D eigenvalue weighted by Gasteiger charge is -2.26. The Morgan fingerprint density at radius 2 is 1.90 bits per heavy atom. The molecular weight excluding hydrogens is 382 g/mol. The van der Waals surface area contributed by atoms with Crippen molar-refractivity contribution >= 4 is 35.3 Å². The number of nitrogens with zero attached hydrogens (tertiary/aromatic N) is 2. The van der Waals surface area contributed by atoms with Gasteiger partial charge in [-0.2, -0.15) is 0 Å². The minimum atomic E-state index is -0.944. The van der Waals surface area contributed by atoms with E-state index >= 15 is 0 Å². The molecule has 4 amide bonds. The first-order valence-electron chi connectivity index (χ1n) is 8.44. The van der Waals surface area contributed by atoms with Crippen molar-refractivity contribution in [3.05, 3.63) is 63.7 Å². The van der Waals surface area contributed by atoms with Crippen LogP contribution in [-0.4, -0.2) is 34.5 Å². The molecule has 0 aromatic heterocycles. The predicted molar refractivity (Wildman–Crippen MR) is 101 cm³/mol. The van der Waals surface area contributed by atoms with E-state index in [0.29, 0.717) is 0 Å². The van der Waals surface area contributed by atoms with Gasteiger partial charge in [0, 0.05) is 6.07 Å². The minimum Gasteiger partial charge on any atom is -0.500 e. The molecule has 0 saturated carbocycles. The molecule has 2 aromatic carbocycles. The van der Waals surface area contributed by atoms with Crippen LogP contribution in [0.1, 0.15) is 12.5 Å². The first kappa shape index (κ1) is 19.5. The van der Waals surface area contributed by atoms with Crippen LogP contribution in [0.2, 0.25) is 0 Å². The zero-order valence-corrected chi connectivity index (χ0v) is 15.1. The van der Waals surface area contributed by atoms with Crippen molar-refractivity contribution in [2.45, 2.75) is 6.92 Å². The quantitative estimate of drug-likeness (QED) is 0.342. The maximum Gasteiger partial charge on any atom is 0.335 e. The van der Waals surface area contributed by atoms with Crippen LogP contribution in [0.4, 0.5) is 16.2 Å². The number of urea groups is 1. The molecule has 0 radical (unpaired) electrons. The summed E-state index contributed by atoms with van der Waals surface area (Å²) in [7, 11) is 0. The molecule has 0 aliphatic carbocycles. The number of benzene rings is 2. The Morgan fingerprint density at radius 1 is 1.21 bits per heavy atom. The van der Waals surface area contributed by atoms with Gasteiger partial charge in [-0.05, 0) is 36.8 Å². The van der Waals surface area contributed by atoms with E-state index in [1.807, 2.05) is 0 Å². The summed E-state index contributed by atoms with van der Waals surface area (Å²) in [5.41, 5.74) is -0.739. The average molecular weight is 397 g/mol. The summed E-state index contributed by atoms with van der Waals surface area (Å²) >= 11 is 0. The second kappa shape index (κ2) is 7.80. The van der Waals surface area contributed by atoms with Crippen LogP contribution in [-0.2, 0) is 9.59 Å². The molecule has 1 aliphatic rings. The SMILES string of the molecule is CCOc1cc(/C=C2\C(=O)NC(=O)N(c3ccccc3)C2=O)cc([N+](=O)[O-])c1O. The van der Waals surface area contributed by atoms with Gasteiger partial charge in [0.2, 0.25) is 5.75 Å². The highest BCUT2D eigenvalue weighted by atomic mass is 16.6. The zero-order chi connectivity index (χ0) is 21.1. The Hall–Kier alpha value is -4.21. The number of aromatic hydroxyl groups is 1. The number of carbonyl (C=O) groups is 3. The molecule has 148 valence electrons. The number of hydrogen-bond acceptors (Lipinski definition) is 7. The van der Waals surface area contributed by atoms with Gasteiger partial charge in [0.25, 0.3) is 11.8 Å². The van der Waals surface area contributed by atoms with E-state index in [-0.39, 0.29) is 23.6 Å². The molecule has 1 heterocycles. The van der Waals surface area contributed by atoms with Crippen LogP contribution < -0.4 is 15.0 Å². The highest BCUT2D eigenvalue weighted by molar-refractivity contribution is 6.39. The number of imide groups is 2. The Balaban J connectivity index is 2.09. The molecule has 10 heteroatoms. The zero-order valence-electron chi connectivity index (χ0n) is 15.1. The molecule has 2 N–H and O–H groups in total. The second-order valence-electron chi connectivity index (χ2n) is 5.87. The van der Waals surface area contributed by atoms with Gasteiger partial charge in [-0.1, -0.05) is 18.2 Å². The van der Waals surface area contributed by atoms with Gasteiger partial charge in [0.05, 0.1) is 17.2 Å². The number of nitrogens with one attached hydrogen (secondary N) is 1. The summed E-state index contributed by atoms with van der Waals surface area (Å²) in [6.45, 7) is 1.75. The van der Waals surface area contributed by atoms with Crippen LogP contribution in [0, 0.1) is 10.1 Å². The summed E-state index contributed by atoms with van der Waals surface area (Å²) < 4.78 is 5.18. The van der Waals surface area contributed by atoms with Gasteiger partial charge in [-0.3, -0.25) is 25.0 Å². The number of phenols is 1. The number of nitro benzene ring substituents is 1. The summed E-state index contributed by atoms with van der Waals surface area (Å²) in [5, 5.41) is 23.2. The lowest BCUT2D eigenvalue weighted by Crippen LogP contribution is -2.54. The van der Waals surface area contributed by atoms with Crippen molar-refractivity contribution in [2.75, 3.05) is 11.5 Å². The smallest absolute Gasteiger partial charge is 0.335 e. The number of nitro groups is 1. The third-order valence-corrected chi connectivity index (χ3v) is 4.00. The van der Waals surface area contributed by atoms with Crippen molar-refractivity contribution in [3.8, 4) is 11.5 Å². The number of phenolic OH excluding ortho intramolecular Hbond substituents is 1. The standard InChI is InChI=1S/C19H15N3O7/c1-2-29-15-10-11(9-14(16(15)23)22(27)28)8-13-17(24)20-19(26)21(18(13)25)12-6-4-3-5-7-12/h3-10,23H,2H2,1H3,(H,20,24,26)/b13-8+. The van der Waals surface area contributed by atoms with Crippen molar-refractivity contribution < 1.29 is 29.2 Å². The largest absolute Gasteiger partial charge is 0.500 e. The van der Waals surface area contributed by atoms with Crippen LogP contribution in [0.15, 0.2) is 48.0 Å². The third kappa shape index (κ3) is 3.76. The van der Waals surface area contributed by atoms with Gasteiger partial charge in [0.15, 0.2) is 5.75 Å². The maximum absolute atomic E-state index is 12.8. The molecule has 0 bridgehead atoms. The average Bonchev–Trinajstić information content (AvgIpc) is 2.68. The Kier molecular flexibility index (Phi) is 5.26. The lowest BCUT2D eigenvalue weighted by molar-refractivity contribution is -0.386. The van der Waals surface area contributed by atoms with Gasteiger partial charge < -0.3 is 9.84 Å². The third-order valence-electron chi connectivity index (χ3n) is 4.00. The van der Waals surface area contributed by atoms with Gasteiger partial charge >= 0.3 is 11.7 Å². The second-order valence-corrected chi connectivity index (χ2v) is 5.87. The van der Waals surface area contributed by atoms with E-state index in [0.717, 1.165) is 17.0 Å². The summed E-state index contributed by atoms with van der Waals surface area (Å²) in [4.78, 5) is 48.4. The number of hydrogen-bond donors (Lipinski definition) is 2. The van der Waals surface area contributed by atoms with Gasteiger partial charge in [-0.15, -0.1) is 0 Å². The van der Waals surface area contributed by atoms with Gasteiger partial charge in [0.1, 0.15) is 5.57 Å². The number of amides is 4. The molecule has 0 atom stereocenters. The topological polar surface area (TPSA) is 139 Å². The molecular formula is C19H15N3O7. The normalized spacial score (nSPS) is 15.4. The fourth-order valence-corrected chi connectivity index (χ4v) is 2.74. The van der Waals surface area contributed by atoms with Gasteiger partial charge in [-0.25, -0.2) is 9.69 Å². The Labute approximate surface area is 164 Å². The molecule has 0 unspecified atom stereocenters. The lowest BCUT2D eigenvalue weighted by atomic mass is 10.1.